The van der Waals surface area contributed by atoms with Crippen LogP contribution in [0.5, 0.6) is 0 Å². The lowest BCUT2D eigenvalue weighted by molar-refractivity contribution is 0.626. The van der Waals surface area contributed by atoms with Gasteiger partial charge in [-0.25, -0.2) is 4.39 Å². The molecule has 0 aliphatic rings. The van der Waals surface area contributed by atoms with E-state index in [1.54, 1.807) is 23.5 Å². The van der Waals surface area contributed by atoms with Crippen LogP contribution in [-0.4, -0.2) is 0 Å². The zero-order valence-electron chi connectivity index (χ0n) is 8.71. The van der Waals surface area contributed by atoms with Crippen LogP contribution in [0.4, 0.5) is 4.39 Å². The summed E-state index contributed by atoms with van der Waals surface area (Å²) in [5.74, 6) is -0.239. The van der Waals surface area contributed by atoms with Gasteiger partial charge in [0.25, 0.3) is 0 Å². The van der Waals surface area contributed by atoms with Gasteiger partial charge >= 0.3 is 0 Å². The molecule has 0 saturated carbocycles. The summed E-state index contributed by atoms with van der Waals surface area (Å²) in [6.45, 7) is 2.04. The molecule has 4 heteroatoms. The standard InChI is InChI=1S/C12H11BrFNS/c1-7-6-10(13)12(16-7)11(15)8-2-4-9(14)5-3-8/h2-6,11H,15H2,1H3. The zero-order valence-corrected chi connectivity index (χ0v) is 11.1. The Balaban J connectivity index is 2.35. The van der Waals surface area contributed by atoms with Crippen molar-refractivity contribution in [2.45, 2.75) is 13.0 Å². The van der Waals surface area contributed by atoms with Crippen LogP contribution in [0, 0.1) is 12.7 Å². The van der Waals surface area contributed by atoms with Crippen molar-refractivity contribution in [3.05, 3.63) is 55.9 Å². The molecular weight excluding hydrogens is 289 g/mol. The Morgan fingerprint density at radius 2 is 1.94 bits per heavy atom. The molecule has 1 aromatic heterocycles. The molecule has 2 aromatic rings. The first-order chi connectivity index (χ1) is 7.58. The van der Waals surface area contributed by atoms with Crippen molar-refractivity contribution in [2.75, 3.05) is 0 Å². The SMILES string of the molecule is Cc1cc(Br)c(C(N)c2ccc(F)cc2)s1. The van der Waals surface area contributed by atoms with Crippen LogP contribution < -0.4 is 5.73 Å². The Morgan fingerprint density at radius 3 is 2.44 bits per heavy atom. The zero-order chi connectivity index (χ0) is 11.7. The lowest BCUT2D eigenvalue weighted by Gasteiger charge is -2.10. The number of thiophene rings is 1. The molecule has 0 amide bonds. The molecule has 0 saturated heterocycles. The van der Waals surface area contributed by atoms with E-state index >= 15 is 0 Å². The van der Waals surface area contributed by atoms with E-state index in [0.29, 0.717) is 0 Å². The van der Waals surface area contributed by atoms with E-state index in [0.717, 1.165) is 14.9 Å². The van der Waals surface area contributed by atoms with Gasteiger partial charge in [0.15, 0.2) is 0 Å². The third-order valence-electron chi connectivity index (χ3n) is 2.35. The van der Waals surface area contributed by atoms with Crippen molar-refractivity contribution in [2.24, 2.45) is 5.73 Å². The summed E-state index contributed by atoms with van der Waals surface area (Å²) in [5, 5.41) is 0. The molecule has 1 nitrogen and oxygen atoms in total. The molecule has 0 radical (unpaired) electrons. The van der Waals surface area contributed by atoms with Gasteiger partial charge in [-0.05, 0) is 46.6 Å². The van der Waals surface area contributed by atoms with Gasteiger partial charge in [-0.1, -0.05) is 12.1 Å². The lowest BCUT2D eigenvalue weighted by Crippen LogP contribution is -2.10. The number of rotatable bonds is 2. The van der Waals surface area contributed by atoms with Gasteiger partial charge in [-0.3, -0.25) is 0 Å². The first kappa shape index (κ1) is 11.8. The fourth-order valence-corrected chi connectivity index (χ4v) is 3.46. The second-order valence-corrected chi connectivity index (χ2v) is 5.74. The van der Waals surface area contributed by atoms with Gasteiger partial charge in [-0.2, -0.15) is 0 Å². The summed E-state index contributed by atoms with van der Waals surface area (Å²) >= 11 is 5.14. The first-order valence-corrected chi connectivity index (χ1v) is 6.46. The maximum atomic E-state index is 12.8. The largest absolute Gasteiger partial charge is 0.320 e. The average Bonchev–Trinajstić information content (AvgIpc) is 2.58. The van der Waals surface area contributed by atoms with E-state index in [1.807, 2.05) is 13.0 Å². The molecule has 2 rings (SSSR count). The van der Waals surface area contributed by atoms with E-state index in [-0.39, 0.29) is 11.9 Å². The Kier molecular flexibility index (Phi) is 3.42. The second-order valence-electron chi connectivity index (χ2n) is 3.60. The predicted molar refractivity (Wildman–Crippen MR) is 69.2 cm³/mol. The highest BCUT2D eigenvalue weighted by molar-refractivity contribution is 9.10. The van der Waals surface area contributed by atoms with Crippen LogP contribution in [0.15, 0.2) is 34.8 Å². The summed E-state index contributed by atoms with van der Waals surface area (Å²) in [5.41, 5.74) is 7.06. The second kappa shape index (κ2) is 4.65. The maximum Gasteiger partial charge on any atom is 0.123 e. The minimum absolute atomic E-state index is 0.200. The highest BCUT2D eigenvalue weighted by Crippen LogP contribution is 2.34. The van der Waals surface area contributed by atoms with Crippen LogP contribution >= 0.6 is 27.3 Å². The van der Waals surface area contributed by atoms with E-state index in [4.69, 9.17) is 5.73 Å². The normalized spacial score (nSPS) is 12.8. The van der Waals surface area contributed by atoms with Crippen LogP contribution in [-0.2, 0) is 0 Å². The van der Waals surface area contributed by atoms with Gasteiger partial charge in [-0.15, -0.1) is 11.3 Å². The molecule has 1 heterocycles. The topological polar surface area (TPSA) is 26.0 Å². The van der Waals surface area contributed by atoms with Crippen LogP contribution in [0.1, 0.15) is 21.4 Å². The lowest BCUT2D eigenvalue weighted by atomic mass is 10.1. The van der Waals surface area contributed by atoms with E-state index < -0.39 is 0 Å². The molecule has 0 aliphatic carbocycles. The van der Waals surface area contributed by atoms with E-state index in [9.17, 15) is 4.39 Å². The van der Waals surface area contributed by atoms with Gasteiger partial charge in [0.05, 0.1) is 6.04 Å². The quantitative estimate of drug-likeness (QED) is 0.891. The molecular formula is C12H11BrFNS. The summed E-state index contributed by atoms with van der Waals surface area (Å²) in [6, 6.07) is 8.16. The summed E-state index contributed by atoms with van der Waals surface area (Å²) in [7, 11) is 0. The fraction of sp³-hybridized carbons (Fsp3) is 0.167. The van der Waals surface area contributed by atoms with Crippen LogP contribution in [0.3, 0.4) is 0 Å². The summed E-state index contributed by atoms with van der Waals surface area (Å²) in [6.07, 6.45) is 0. The van der Waals surface area contributed by atoms with E-state index in [2.05, 4.69) is 15.9 Å². The highest BCUT2D eigenvalue weighted by Gasteiger charge is 2.14. The van der Waals surface area contributed by atoms with Crippen molar-refractivity contribution < 1.29 is 4.39 Å². The smallest absolute Gasteiger partial charge is 0.123 e. The number of halogens is 2. The fourth-order valence-electron chi connectivity index (χ4n) is 1.53. The van der Waals surface area contributed by atoms with Gasteiger partial charge in [0, 0.05) is 14.2 Å². The predicted octanol–water partition coefficient (Wildman–Crippen LogP) is 4.01. The Morgan fingerprint density at radius 1 is 1.31 bits per heavy atom. The molecule has 2 N–H and O–H groups in total. The molecule has 84 valence electrons. The number of aryl methyl sites for hydroxylation is 1. The third-order valence-corrected chi connectivity index (χ3v) is 4.40. The summed E-state index contributed by atoms with van der Waals surface area (Å²) < 4.78 is 13.8. The average molecular weight is 300 g/mol. The van der Waals surface area contributed by atoms with Crippen LogP contribution in [0.2, 0.25) is 0 Å². The van der Waals surface area contributed by atoms with Crippen molar-refractivity contribution in [3.8, 4) is 0 Å². The number of benzene rings is 1. The van der Waals surface area contributed by atoms with Gasteiger partial charge < -0.3 is 5.73 Å². The van der Waals surface area contributed by atoms with Gasteiger partial charge in [0.2, 0.25) is 0 Å². The monoisotopic (exact) mass is 299 g/mol. The molecule has 0 aliphatic heterocycles. The van der Waals surface area contributed by atoms with E-state index in [1.165, 1.54) is 17.0 Å². The maximum absolute atomic E-state index is 12.8. The Bertz CT molecular complexity index is 492. The molecule has 1 unspecified atom stereocenters. The Hall–Kier alpha value is -0.710. The Labute approximate surface area is 106 Å². The minimum Gasteiger partial charge on any atom is -0.320 e. The molecule has 1 atom stereocenters. The van der Waals surface area contributed by atoms with Crippen molar-refractivity contribution in [1.29, 1.82) is 0 Å². The molecule has 0 fully saturated rings. The van der Waals surface area contributed by atoms with Crippen LogP contribution in [0.25, 0.3) is 0 Å². The highest BCUT2D eigenvalue weighted by atomic mass is 79.9. The minimum atomic E-state index is -0.239. The molecule has 1 aromatic carbocycles. The summed E-state index contributed by atoms with van der Waals surface area (Å²) in [4.78, 5) is 2.28. The van der Waals surface area contributed by atoms with Gasteiger partial charge in [0.1, 0.15) is 5.82 Å². The number of nitrogens with two attached hydrogens (primary N) is 1. The van der Waals surface area contributed by atoms with Crippen molar-refractivity contribution in [3.63, 3.8) is 0 Å². The van der Waals surface area contributed by atoms with Crippen molar-refractivity contribution >= 4 is 27.3 Å². The number of hydrogen-bond donors (Lipinski definition) is 1. The first-order valence-electron chi connectivity index (χ1n) is 4.85. The molecule has 16 heavy (non-hydrogen) atoms. The molecule has 0 spiro atoms. The van der Waals surface area contributed by atoms with Crippen molar-refractivity contribution in [1.82, 2.24) is 0 Å². The third kappa shape index (κ3) is 2.34. The number of hydrogen-bond acceptors (Lipinski definition) is 2. The molecule has 0 bridgehead atoms.